The lowest BCUT2D eigenvalue weighted by Crippen LogP contribution is -2.29. The van der Waals surface area contributed by atoms with Crippen molar-refractivity contribution < 1.29 is 4.79 Å². The molecule has 2 N–H and O–H groups in total. The van der Waals surface area contributed by atoms with Crippen molar-refractivity contribution in [2.45, 2.75) is 26.2 Å². The van der Waals surface area contributed by atoms with Gasteiger partial charge in [-0.05, 0) is 78.4 Å². The second kappa shape index (κ2) is 8.10. The van der Waals surface area contributed by atoms with Crippen LogP contribution in [-0.2, 0) is 4.79 Å². The molecule has 5 heteroatoms. The van der Waals surface area contributed by atoms with Crippen LogP contribution in [0.15, 0.2) is 54.1 Å². The summed E-state index contributed by atoms with van der Waals surface area (Å²) in [5, 5.41) is 11.6. The third-order valence-corrected chi connectivity index (χ3v) is 6.79. The molecule has 4 nitrogen and oxygen atoms in total. The average molecular weight is 402 g/mol. The number of allylic oxidation sites excluding steroid dienone is 1. The SMILES string of the molecule is CC(=C(C#N)C(N)=O)c1ccc(-c2ccc3cc(N4CCCCC4)ccc3c2)s1. The van der Waals surface area contributed by atoms with Crippen molar-refractivity contribution in [2.75, 3.05) is 18.0 Å². The van der Waals surface area contributed by atoms with Gasteiger partial charge in [-0.3, -0.25) is 4.79 Å². The van der Waals surface area contributed by atoms with Gasteiger partial charge in [0.2, 0.25) is 0 Å². The molecule has 0 aliphatic carbocycles. The summed E-state index contributed by atoms with van der Waals surface area (Å²) in [4.78, 5) is 15.9. The minimum Gasteiger partial charge on any atom is -0.372 e. The first-order valence-electron chi connectivity index (χ1n) is 9.87. The molecule has 1 aliphatic rings. The molecule has 0 saturated carbocycles. The molecule has 4 rings (SSSR count). The van der Waals surface area contributed by atoms with E-state index in [4.69, 9.17) is 5.73 Å². The molecule has 1 aliphatic heterocycles. The number of carbonyl (C=O) groups is 1. The highest BCUT2D eigenvalue weighted by atomic mass is 32.1. The van der Waals surface area contributed by atoms with Crippen molar-refractivity contribution in [2.24, 2.45) is 5.73 Å². The van der Waals surface area contributed by atoms with Gasteiger partial charge in [0.05, 0.1) is 0 Å². The lowest BCUT2D eigenvalue weighted by molar-refractivity contribution is -0.114. The molecular weight excluding hydrogens is 378 g/mol. The number of benzene rings is 2. The van der Waals surface area contributed by atoms with Crippen LogP contribution in [0.2, 0.25) is 0 Å². The highest BCUT2D eigenvalue weighted by Gasteiger charge is 2.14. The minimum absolute atomic E-state index is 0.0159. The van der Waals surface area contributed by atoms with E-state index >= 15 is 0 Å². The summed E-state index contributed by atoms with van der Waals surface area (Å²) < 4.78 is 0. The topological polar surface area (TPSA) is 70.1 Å². The molecule has 2 aromatic carbocycles. The first-order valence-corrected chi connectivity index (χ1v) is 10.7. The zero-order valence-corrected chi connectivity index (χ0v) is 17.3. The van der Waals surface area contributed by atoms with Gasteiger partial charge in [-0.2, -0.15) is 5.26 Å². The Hall–Kier alpha value is -3.10. The first kappa shape index (κ1) is 19.2. The summed E-state index contributed by atoms with van der Waals surface area (Å²) in [5.74, 6) is -0.685. The third kappa shape index (κ3) is 3.90. The molecule has 29 heavy (non-hydrogen) atoms. The maximum Gasteiger partial charge on any atom is 0.259 e. The Balaban J connectivity index is 1.64. The van der Waals surface area contributed by atoms with Gasteiger partial charge in [0, 0.05) is 28.5 Å². The van der Waals surface area contributed by atoms with Crippen LogP contribution in [-0.4, -0.2) is 19.0 Å². The fourth-order valence-electron chi connectivity index (χ4n) is 3.88. The second-order valence-corrected chi connectivity index (χ2v) is 8.52. The number of primary amides is 1. The monoisotopic (exact) mass is 401 g/mol. The Kier molecular flexibility index (Phi) is 5.37. The fraction of sp³-hybridized carbons (Fsp3) is 0.250. The van der Waals surface area contributed by atoms with E-state index in [9.17, 15) is 10.1 Å². The highest BCUT2D eigenvalue weighted by molar-refractivity contribution is 7.16. The second-order valence-electron chi connectivity index (χ2n) is 7.43. The van der Waals surface area contributed by atoms with Gasteiger partial charge in [-0.15, -0.1) is 11.3 Å². The first-order chi connectivity index (χ1) is 14.1. The Morgan fingerprint density at radius 2 is 1.76 bits per heavy atom. The van der Waals surface area contributed by atoms with Crippen LogP contribution in [0.1, 0.15) is 31.1 Å². The molecule has 0 bridgehead atoms. The van der Waals surface area contributed by atoms with E-state index in [-0.39, 0.29) is 5.57 Å². The van der Waals surface area contributed by atoms with Crippen molar-refractivity contribution in [3.63, 3.8) is 0 Å². The summed E-state index contributed by atoms with van der Waals surface area (Å²) in [7, 11) is 0. The van der Waals surface area contributed by atoms with E-state index in [1.807, 2.05) is 18.2 Å². The quantitative estimate of drug-likeness (QED) is 0.474. The van der Waals surface area contributed by atoms with Gasteiger partial charge in [0.1, 0.15) is 11.6 Å². The number of rotatable bonds is 4. The number of piperidine rings is 1. The number of amides is 1. The molecular formula is C24H23N3OS. The molecule has 1 aromatic heterocycles. The number of nitrogens with zero attached hydrogens (tertiary/aromatic N) is 2. The van der Waals surface area contributed by atoms with Crippen LogP contribution >= 0.6 is 11.3 Å². The van der Waals surface area contributed by atoms with Crippen LogP contribution < -0.4 is 10.6 Å². The number of nitriles is 1. The van der Waals surface area contributed by atoms with Crippen molar-refractivity contribution in [1.29, 1.82) is 5.26 Å². The molecule has 146 valence electrons. The summed E-state index contributed by atoms with van der Waals surface area (Å²) in [5.41, 5.74) is 8.39. The van der Waals surface area contributed by atoms with Gasteiger partial charge in [-0.25, -0.2) is 0 Å². The van der Waals surface area contributed by atoms with Gasteiger partial charge in [0.15, 0.2) is 0 Å². The molecule has 2 heterocycles. The van der Waals surface area contributed by atoms with Gasteiger partial charge >= 0.3 is 0 Å². The maximum absolute atomic E-state index is 11.5. The van der Waals surface area contributed by atoms with E-state index < -0.39 is 5.91 Å². The largest absolute Gasteiger partial charge is 0.372 e. The van der Waals surface area contributed by atoms with E-state index in [2.05, 4.69) is 41.3 Å². The Bertz CT molecular complexity index is 1150. The normalized spacial score (nSPS) is 15.1. The molecule has 0 atom stereocenters. The zero-order valence-electron chi connectivity index (χ0n) is 16.4. The molecule has 0 spiro atoms. The van der Waals surface area contributed by atoms with Gasteiger partial charge in [-0.1, -0.05) is 18.2 Å². The zero-order chi connectivity index (χ0) is 20.4. The van der Waals surface area contributed by atoms with E-state index in [0.29, 0.717) is 5.57 Å². The average Bonchev–Trinajstić information content (AvgIpc) is 3.24. The van der Waals surface area contributed by atoms with Gasteiger partial charge in [0.25, 0.3) is 5.91 Å². The highest BCUT2D eigenvalue weighted by Crippen LogP contribution is 2.35. The van der Waals surface area contributed by atoms with Crippen molar-refractivity contribution in [3.05, 3.63) is 59.0 Å². The number of thiophene rings is 1. The summed E-state index contributed by atoms with van der Waals surface area (Å²) in [6.45, 7) is 4.05. The fourth-order valence-corrected chi connectivity index (χ4v) is 4.89. The van der Waals surface area contributed by atoms with Crippen LogP contribution in [0.5, 0.6) is 0 Å². The number of hydrogen-bond acceptors (Lipinski definition) is 4. The van der Waals surface area contributed by atoms with Crippen LogP contribution in [0.4, 0.5) is 5.69 Å². The van der Waals surface area contributed by atoms with Crippen LogP contribution in [0, 0.1) is 11.3 Å². The smallest absolute Gasteiger partial charge is 0.259 e. The minimum atomic E-state index is -0.685. The van der Waals surface area contributed by atoms with E-state index in [1.54, 1.807) is 18.3 Å². The standard InChI is InChI=1S/C24H23N3OS/c1-16(21(15-25)24(26)28)22-9-10-23(29-22)19-6-5-18-14-20(8-7-17(18)13-19)27-11-3-2-4-12-27/h5-10,13-14H,2-4,11-12H2,1H3,(H2,26,28). The van der Waals surface area contributed by atoms with E-state index in [0.717, 1.165) is 28.4 Å². The van der Waals surface area contributed by atoms with Crippen molar-refractivity contribution >= 4 is 39.3 Å². The van der Waals surface area contributed by atoms with Crippen LogP contribution in [0.25, 0.3) is 26.8 Å². The van der Waals surface area contributed by atoms with Crippen molar-refractivity contribution in [3.8, 4) is 16.5 Å². The van der Waals surface area contributed by atoms with E-state index in [1.165, 1.54) is 35.7 Å². The Morgan fingerprint density at radius 3 is 2.48 bits per heavy atom. The number of carbonyl (C=O) groups excluding carboxylic acids is 1. The van der Waals surface area contributed by atoms with Crippen molar-refractivity contribution in [1.82, 2.24) is 0 Å². The lowest BCUT2D eigenvalue weighted by atomic mass is 10.0. The Morgan fingerprint density at radius 1 is 1.03 bits per heavy atom. The number of anilines is 1. The number of hydrogen-bond donors (Lipinski definition) is 1. The van der Waals surface area contributed by atoms with Crippen LogP contribution in [0.3, 0.4) is 0 Å². The molecule has 0 unspecified atom stereocenters. The molecule has 1 saturated heterocycles. The molecule has 0 radical (unpaired) electrons. The number of fused-ring (bicyclic) bond motifs is 1. The summed E-state index contributed by atoms with van der Waals surface area (Å²) >= 11 is 1.56. The Labute approximate surface area is 174 Å². The summed E-state index contributed by atoms with van der Waals surface area (Å²) in [6.07, 6.45) is 3.88. The molecule has 1 amide bonds. The predicted octanol–water partition coefficient (Wildman–Crippen LogP) is 5.34. The van der Waals surface area contributed by atoms with Gasteiger partial charge < -0.3 is 10.6 Å². The maximum atomic E-state index is 11.5. The third-order valence-electron chi connectivity index (χ3n) is 5.54. The summed E-state index contributed by atoms with van der Waals surface area (Å²) in [6, 6.07) is 19.1. The molecule has 1 fully saturated rings. The number of nitrogens with two attached hydrogens (primary N) is 1. The predicted molar refractivity (Wildman–Crippen MR) is 121 cm³/mol. The lowest BCUT2D eigenvalue weighted by Gasteiger charge is -2.29. The molecule has 3 aromatic rings.